The van der Waals surface area contributed by atoms with Crippen molar-refractivity contribution >= 4 is 11.9 Å². The van der Waals surface area contributed by atoms with Crippen LogP contribution in [0.25, 0.3) is 0 Å². The summed E-state index contributed by atoms with van der Waals surface area (Å²) in [6, 6.07) is 0. The van der Waals surface area contributed by atoms with E-state index >= 15 is 0 Å². The summed E-state index contributed by atoms with van der Waals surface area (Å²) in [5.41, 5.74) is -0.897. The van der Waals surface area contributed by atoms with Crippen molar-refractivity contribution in [3.8, 4) is 0 Å². The molecule has 0 aliphatic rings. The van der Waals surface area contributed by atoms with Gasteiger partial charge in [0.15, 0.2) is 6.10 Å². The van der Waals surface area contributed by atoms with E-state index in [-0.39, 0.29) is 18.0 Å². The Hall–Kier alpha value is -1.06. The molecule has 0 saturated heterocycles. The van der Waals surface area contributed by atoms with Crippen LogP contribution in [-0.2, 0) is 19.1 Å². The third-order valence-electron chi connectivity index (χ3n) is 3.29. The molecule has 0 spiro atoms. The summed E-state index contributed by atoms with van der Waals surface area (Å²) in [5, 5.41) is 0. The third-order valence-corrected chi connectivity index (χ3v) is 3.29. The number of ether oxygens (including phenoxy) is 2. The van der Waals surface area contributed by atoms with Gasteiger partial charge in [-0.15, -0.1) is 0 Å². The van der Waals surface area contributed by atoms with Crippen molar-refractivity contribution in [3.63, 3.8) is 0 Å². The Kier molecular flexibility index (Phi) is 5.17. The molecule has 4 heteroatoms. The van der Waals surface area contributed by atoms with Crippen LogP contribution in [0.4, 0.5) is 0 Å². The maximum Gasteiger partial charge on any atom is 0.347 e. The molecule has 4 nitrogen and oxygen atoms in total. The van der Waals surface area contributed by atoms with E-state index in [1.165, 1.54) is 6.92 Å². The van der Waals surface area contributed by atoms with Gasteiger partial charge in [-0.05, 0) is 33.1 Å². The van der Waals surface area contributed by atoms with Crippen molar-refractivity contribution in [2.75, 3.05) is 6.61 Å². The fourth-order valence-electron chi connectivity index (χ4n) is 0.922. The van der Waals surface area contributed by atoms with Crippen LogP contribution in [0, 0.1) is 10.8 Å². The number of rotatable bonds is 4. The van der Waals surface area contributed by atoms with E-state index in [0.717, 1.165) is 0 Å². The first-order valence-electron chi connectivity index (χ1n) is 5.91. The average molecular weight is 244 g/mol. The summed E-state index contributed by atoms with van der Waals surface area (Å²) in [6.07, 6.45) is -0.857. The molecule has 0 fully saturated rings. The van der Waals surface area contributed by atoms with E-state index in [0.29, 0.717) is 0 Å². The number of carbonyl (C=O) groups excluding carboxylic acids is 2. The van der Waals surface area contributed by atoms with Gasteiger partial charge in [0.1, 0.15) is 0 Å². The average Bonchev–Trinajstić information content (AvgIpc) is 2.15. The van der Waals surface area contributed by atoms with Crippen LogP contribution in [0.15, 0.2) is 0 Å². The van der Waals surface area contributed by atoms with Gasteiger partial charge in [-0.1, -0.05) is 20.8 Å². The van der Waals surface area contributed by atoms with Crippen molar-refractivity contribution in [2.24, 2.45) is 10.8 Å². The van der Waals surface area contributed by atoms with E-state index in [1.807, 2.05) is 34.6 Å². The van der Waals surface area contributed by atoms with Crippen LogP contribution >= 0.6 is 0 Å². The number of esters is 2. The van der Waals surface area contributed by atoms with Gasteiger partial charge in [-0.2, -0.15) is 0 Å². The number of carbonyl (C=O) groups is 2. The van der Waals surface area contributed by atoms with Gasteiger partial charge < -0.3 is 9.47 Å². The molecule has 0 N–H and O–H groups in total. The van der Waals surface area contributed by atoms with Crippen LogP contribution in [0.2, 0.25) is 0 Å². The maximum absolute atomic E-state index is 12.0. The van der Waals surface area contributed by atoms with E-state index in [2.05, 4.69) is 0 Å². The molecule has 0 heterocycles. The topological polar surface area (TPSA) is 52.6 Å². The zero-order valence-corrected chi connectivity index (χ0v) is 11.9. The first-order valence-corrected chi connectivity index (χ1v) is 5.91. The Morgan fingerprint density at radius 3 is 1.94 bits per heavy atom. The molecule has 0 rings (SSSR count). The fraction of sp³-hybridized carbons (Fsp3) is 0.846. The predicted octanol–water partition coefficient (Wildman–Crippen LogP) is 2.55. The molecule has 100 valence electrons. The standard InChI is InChI=1S/C13H24O4/c1-8-16-10(14)9(2)17-11(15)13(6,7)12(3,4)5/h9H,8H2,1-7H3. The summed E-state index contributed by atoms with van der Waals surface area (Å²) >= 11 is 0. The molecule has 0 aromatic heterocycles. The van der Waals surface area contributed by atoms with Crippen molar-refractivity contribution in [3.05, 3.63) is 0 Å². The smallest absolute Gasteiger partial charge is 0.347 e. The molecule has 0 aliphatic carbocycles. The second-order valence-corrected chi connectivity index (χ2v) is 5.67. The first-order chi connectivity index (χ1) is 7.54. The molecule has 0 aromatic carbocycles. The third kappa shape index (κ3) is 4.02. The van der Waals surface area contributed by atoms with Gasteiger partial charge in [0.25, 0.3) is 0 Å². The van der Waals surface area contributed by atoms with Crippen molar-refractivity contribution < 1.29 is 19.1 Å². The quantitative estimate of drug-likeness (QED) is 0.713. The van der Waals surface area contributed by atoms with Crippen molar-refractivity contribution in [1.82, 2.24) is 0 Å². The minimum Gasteiger partial charge on any atom is -0.463 e. The lowest BCUT2D eigenvalue weighted by Gasteiger charge is -2.36. The first kappa shape index (κ1) is 15.9. The van der Waals surface area contributed by atoms with Crippen LogP contribution in [0.3, 0.4) is 0 Å². The number of hydrogen-bond donors (Lipinski definition) is 0. The highest BCUT2D eigenvalue weighted by Gasteiger charge is 2.42. The van der Waals surface area contributed by atoms with Crippen LogP contribution in [0.1, 0.15) is 48.5 Å². The van der Waals surface area contributed by atoms with E-state index in [4.69, 9.17) is 9.47 Å². The monoisotopic (exact) mass is 244 g/mol. The Labute approximate surface area is 104 Å². The lowest BCUT2D eigenvalue weighted by molar-refractivity contribution is -0.176. The minimum absolute atomic E-state index is 0.238. The van der Waals surface area contributed by atoms with E-state index in [1.54, 1.807) is 6.92 Å². The predicted molar refractivity (Wildman–Crippen MR) is 65.4 cm³/mol. The van der Waals surface area contributed by atoms with Gasteiger partial charge in [0, 0.05) is 0 Å². The summed E-state index contributed by atoms with van der Waals surface area (Å²) in [6.45, 7) is 13.0. The molecule has 17 heavy (non-hydrogen) atoms. The Morgan fingerprint density at radius 2 is 1.59 bits per heavy atom. The molecular weight excluding hydrogens is 220 g/mol. The molecule has 0 saturated carbocycles. The molecule has 0 amide bonds. The fourth-order valence-corrected chi connectivity index (χ4v) is 0.922. The lowest BCUT2D eigenvalue weighted by Crippen LogP contribution is -2.41. The van der Waals surface area contributed by atoms with Crippen LogP contribution < -0.4 is 0 Å². The second kappa shape index (κ2) is 5.52. The van der Waals surface area contributed by atoms with Crippen molar-refractivity contribution in [1.29, 1.82) is 0 Å². The Balaban J connectivity index is 4.61. The zero-order valence-electron chi connectivity index (χ0n) is 11.9. The lowest BCUT2D eigenvalue weighted by atomic mass is 9.69. The summed E-state index contributed by atoms with van der Waals surface area (Å²) in [7, 11) is 0. The Morgan fingerprint density at radius 1 is 1.12 bits per heavy atom. The van der Waals surface area contributed by atoms with Gasteiger partial charge in [-0.25, -0.2) is 4.79 Å². The SMILES string of the molecule is CCOC(=O)C(C)OC(=O)C(C)(C)C(C)(C)C. The summed E-state index contributed by atoms with van der Waals surface area (Å²) in [5.74, 6) is -0.892. The highest BCUT2D eigenvalue weighted by Crippen LogP contribution is 2.39. The van der Waals surface area contributed by atoms with Crippen LogP contribution in [0.5, 0.6) is 0 Å². The molecule has 1 atom stereocenters. The van der Waals surface area contributed by atoms with E-state index < -0.39 is 17.5 Å². The maximum atomic E-state index is 12.0. The molecule has 0 aliphatic heterocycles. The minimum atomic E-state index is -0.857. The molecular formula is C13H24O4. The van der Waals surface area contributed by atoms with Gasteiger partial charge in [0.05, 0.1) is 12.0 Å². The Bertz CT molecular complexity index is 286. The number of hydrogen-bond acceptors (Lipinski definition) is 4. The molecule has 0 radical (unpaired) electrons. The molecule has 0 bridgehead atoms. The highest BCUT2D eigenvalue weighted by atomic mass is 16.6. The second-order valence-electron chi connectivity index (χ2n) is 5.67. The highest BCUT2D eigenvalue weighted by molar-refractivity contribution is 5.82. The van der Waals surface area contributed by atoms with E-state index in [9.17, 15) is 9.59 Å². The normalized spacial score (nSPS) is 14.1. The summed E-state index contributed by atoms with van der Waals surface area (Å²) < 4.78 is 9.93. The largest absolute Gasteiger partial charge is 0.463 e. The molecule has 1 unspecified atom stereocenters. The van der Waals surface area contributed by atoms with Crippen LogP contribution in [-0.4, -0.2) is 24.6 Å². The van der Waals surface area contributed by atoms with Gasteiger partial charge in [0.2, 0.25) is 0 Å². The van der Waals surface area contributed by atoms with Gasteiger partial charge in [-0.3, -0.25) is 4.79 Å². The van der Waals surface area contributed by atoms with Crippen molar-refractivity contribution in [2.45, 2.75) is 54.6 Å². The molecule has 0 aromatic rings. The zero-order chi connectivity index (χ0) is 13.9. The summed E-state index contributed by atoms with van der Waals surface area (Å²) in [4.78, 5) is 23.4. The van der Waals surface area contributed by atoms with Gasteiger partial charge >= 0.3 is 11.9 Å².